The van der Waals surface area contributed by atoms with E-state index in [9.17, 15) is 5.11 Å². The second-order valence-electron chi connectivity index (χ2n) is 6.43. The zero-order chi connectivity index (χ0) is 13.9. The molecule has 0 bridgehead atoms. The number of nitrogens with two attached hydrogens (primary N) is 1. The number of hydrogen-bond donors (Lipinski definition) is 2. The van der Waals surface area contributed by atoms with Crippen LogP contribution < -0.4 is 5.73 Å². The fraction of sp³-hybridized carbons (Fsp3) is 0.688. The predicted octanol–water partition coefficient (Wildman–Crippen LogP) is 2.70. The van der Waals surface area contributed by atoms with Crippen molar-refractivity contribution in [2.45, 2.75) is 51.6 Å². The van der Waals surface area contributed by atoms with Gasteiger partial charge in [0.15, 0.2) is 0 Å². The molecule has 0 aromatic carbocycles. The fourth-order valence-electron chi connectivity index (χ4n) is 3.46. The van der Waals surface area contributed by atoms with Crippen LogP contribution in [0.3, 0.4) is 0 Å². The Labute approximate surface area is 116 Å². The highest BCUT2D eigenvalue weighted by atomic mass is 16.3. The normalized spacial score (nSPS) is 25.8. The number of aliphatic hydroxyl groups is 1. The molecule has 3 atom stereocenters. The Kier molecular flexibility index (Phi) is 4.58. The van der Waals surface area contributed by atoms with Gasteiger partial charge >= 0.3 is 0 Å². The summed E-state index contributed by atoms with van der Waals surface area (Å²) in [5, 5.41) is 10.8. The molecule has 1 aliphatic carbocycles. The molecule has 0 aliphatic heterocycles. The summed E-state index contributed by atoms with van der Waals surface area (Å²) in [6.45, 7) is 4.99. The topological polar surface area (TPSA) is 59.1 Å². The summed E-state index contributed by atoms with van der Waals surface area (Å²) in [6, 6.07) is 5.83. The third-order valence-corrected chi connectivity index (χ3v) is 4.74. The van der Waals surface area contributed by atoms with Gasteiger partial charge in [0.1, 0.15) is 0 Å². The van der Waals surface area contributed by atoms with Crippen molar-refractivity contribution in [1.29, 1.82) is 0 Å². The molecule has 1 heterocycles. The van der Waals surface area contributed by atoms with Crippen LogP contribution in [-0.4, -0.2) is 22.7 Å². The Morgan fingerprint density at radius 2 is 2.21 bits per heavy atom. The summed E-state index contributed by atoms with van der Waals surface area (Å²) in [4.78, 5) is 4.37. The average Bonchev–Trinajstić information content (AvgIpc) is 2.40. The Hall–Kier alpha value is -0.930. The van der Waals surface area contributed by atoms with Crippen molar-refractivity contribution in [2.24, 2.45) is 17.1 Å². The van der Waals surface area contributed by atoms with Crippen molar-refractivity contribution in [3.63, 3.8) is 0 Å². The smallest absolute Gasteiger partial charge is 0.0669 e. The van der Waals surface area contributed by atoms with Crippen molar-refractivity contribution < 1.29 is 5.11 Å². The first kappa shape index (κ1) is 14.5. The lowest BCUT2D eigenvalue weighted by molar-refractivity contribution is -0.00964. The van der Waals surface area contributed by atoms with Crippen molar-refractivity contribution in [3.05, 3.63) is 30.1 Å². The van der Waals surface area contributed by atoms with Crippen LogP contribution in [0.1, 0.15) is 51.1 Å². The Morgan fingerprint density at radius 3 is 2.79 bits per heavy atom. The number of pyridine rings is 1. The summed E-state index contributed by atoms with van der Waals surface area (Å²) in [7, 11) is 0. The third-order valence-electron chi connectivity index (χ3n) is 4.74. The van der Waals surface area contributed by atoms with E-state index in [1.54, 1.807) is 6.20 Å². The number of aromatic nitrogens is 1. The Balaban J connectivity index is 2.18. The maximum atomic E-state index is 10.8. The number of aliphatic hydroxyl groups excluding tert-OH is 1. The molecule has 1 aromatic rings. The molecule has 0 amide bonds. The number of hydrogen-bond acceptors (Lipinski definition) is 3. The highest BCUT2D eigenvalue weighted by Crippen LogP contribution is 2.44. The second kappa shape index (κ2) is 6.02. The molecular weight excluding hydrogens is 236 g/mol. The zero-order valence-electron chi connectivity index (χ0n) is 12.0. The van der Waals surface area contributed by atoms with Gasteiger partial charge in [-0.1, -0.05) is 32.8 Å². The summed E-state index contributed by atoms with van der Waals surface area (Å²) in [5.41, 5.74) is 7.01. The minimum Gasteiger partial charge on any atom is -0.392 e. The van der Waals surface area contributed by atoms with Gasteiger partial charge in [-0.2, -0.15) is 0 Å². The molecule has 3 unspecified atom stereocenters. The van der Waals surface area contributed by atoms with E-state index in [1.165, 1.54) is 19.3 Å². The van der Waals surface area contributed by atoms with E-state index >= 15 is 0 Å². The molecule has 3 heteroatoms. The predicted molar refractivity (Wildman–Crippen MR) is 77.8 cm³/mol. The van der Waals surface area contributed by atoms with Gasteiger partial charge in [0.2, 0.25) is 0 Å². The summed E-state index contributed by atoms with van der Waals surface area (Å²) in [5.74, 6) is 0.264. The van der Waals surface area contributed by atoms with E-state index in [1.807, 2.05) is 18.2 Å². The van der Waals surface area contributed by atoms with Gasteiger partial charge in [-0.3, -0.25) is 4.98 Å². The molecule has 2 rings (SSSR count). The molecule has 106 valence electrons. The lowest BCUT2D eigenvalue weighted by Gasteiger charge is -2.43. The van der Waals surface area contributed by atoms with E-state index in [2.05, 4.69) is 18.8 Å². The van der Waals surface area contributed by atoms with Crippen LogP contribution in [0.15, 0.2) is 24.4 Å². The lowest BCUT2D eigenvalue weighted by atomic mass is 9.64. The Morgan fingerprint density at radius 1 is 1.42 bits per heavy atom. The van der Waals surface area contributed by atoms with Crippen molar-refractivity contribution >= 4 is 0 Å². The quantitative estimate of drug-likeness (QED) is 0.877. The molecule has 3 nitrogen and oxygen atoms in total. The fourth-order valence-corrected chi connectivity index (χ4v) is 3.46. The largest absolute Gasteiger partial charge is 0.392 e. The summed E-state index contributed by atoms with van der Waals surface area (Å²) < 4.78 is 0. The molecule has 0 saturated heterocycles. The first-order chi connectivity index (χ1) is 9.06. The molecule has 1 saturated carbocycles. The van der Waals surface area contributed by atoms with Gasteiger partial charge in [0.05, 0.1) is 6.10 Å². The second-order valence-corrected chi connectivity index (χ2v) is 6.43. The van der Waals surface area contributed by atoms with E-state index in [4.69, 9.17) is 5.73 Å². The molecule has 3 N–H and O–H groups in total. The van der Waals surface area contributed by atoms with Crippen LogP contribution in [0.5, 0.6) is 0 Å². The van der Waals surface area contributed by atoms with E-state index in [-0.39, 0.29) is 11.3 Å². The molecule has 1 aromatic heterocycles. The van der Waals surface area contributed by atoms with Crippen molar-refractivity contribution in [3.8, 4) is 0 Å². The van der Waals surface area contributed by atoms with Gasteiger partial charge in [-0.05, 0) is 36.3 Å². The summed E-state index contributed by atoms with van der Waals surface area (Å²) in [6.07, 6.45) is 6.15. The highest BCUT2D eigenvalue weighted by molar-refractivity contribution is 5.13. The minimum absolute atomic E-state index is 0.0522. The van der Waals surface area contributed by atoms with Crippen LogP contribution in [0.4, 0.5) is 0 Å². The SMILES string of the molecule is CC1(C)CCCCC1C(O)C(CN)c1ccccn1. The van der Waals surface area contributed by atoms with Gasteiger partial charge in [-0.15, -0.1) is 0 Å². The summed E-state index contributed by atoms with van der Waals surface area (Å²) >= 11 is 0. The van der Waals surface area contributed by atoms with Crippen LogP contribution >= 0.6 is 0 Å². The van der Waals surface area contributed by atoms with Crippen molar-refractivity contribution in [2.75, 3.05) is 6.54 Å². The minimum atomic E-state index is -0.393. The molecule has 1 fully saturated rings. The molecule has 1 aliphatic rings. The van der Waals surface area contributed by atoms with E-state index in [0.29, 0.717) is 12.5 Å². The third kappa shape index (κ3) is 3.15. The van der Waals surface area contributed by atoms with Crippen LogP contribution in [0.25, 0.3) is 0 Å². The Bertz CT molecular complexity index is 391. The highest BCUT2D eigenvalue weighted by Gasteiger charge is 2.40. The maximum Gasteiger partial charge on any atom is 0.0669 e. The molecule has 19 heavy (non-hydrogen) atoms. The van der Waals surface area contributed by atoms with Gasteiger partial charge in [0, 0.05) is 24.4 Å². The number of nitrogens with zero attached hydrogens (tertiary/aromatic N) is 1. The average molecular weight is 262 g/mol. The van der Waals surface area contributed by atoms with Gasteiger partial charge in [0.25, 0.3) is 0 Å². The first-order valence-corrected chi connectivity index (χ1v) is 7.35. The van der Waals surface area contributed by atoms with E-state index in [0.717, 1.165) is 12.1 Å². The van der Waals surface area contributed by atoms with Crippen LogP contribution in [0, 0.1) is 11.3 Å². The molecule has 0 spiro atoms. The molecule has 0 radical (unpaired) electrons. The van der Waals surface area contributed by atoms with Gasteiger partial charge < -0.3 is 10.8 Å². The first-order valence-electron chi connectivity index (χ1n) is 7.35. The van der Waals surface area contributed by atoms with E-state index < -0.39 is 6.10 Å². The lowest BCUT2D eigenvalue weighted by Crippen LogP contribution is -2.42. The standard InChI is InChI=1S/C16H26N2O/c1-16(2)9-5-3-7-13(16)15(19)12(11-17)14-8-4-6-10-18-14/h4,6,8,10,12-13,15,19H,3,5,7,9,11,17H2,1-2H3. The maximum absolute atomic E-state index is 10.8. The molecular formula is C16H26N2O. The van der Waals surface area contributed by atoms with Gasteiger partial charge in [-0.25, -0.2) is 0 Å². The zero-order valence-corrected chi connectivity index (χ0v) is 12.0. The van der Waals surface area contributed by atoms with Crippen molar-refractivity contribution in [1.82, 2.24) is 4.98 Å². The van der Waals surface area contributed by atoms with Crippen LogP contribution in [0.2, 0.25) is 0 Å². The number of rotatable bonds is 4. The monoisotopic (exact) mass is 262 g/mol. The van der Waals surface area contributed by atoms with Crippen LogP contribution in [-0.2, 0) is 0 Å².